The number of rotatable bonds is 3. The van der Waals surface area contributed by atoms with Crippen molar-refractivity contribution in [1.29, 1.82) is 5.26 Å². The second kappa shape index (κ2) is 4.84. The maximum atomic E-state index is 8.63. The second-order valence-electron chi connectivity index (χ2n) is 4.82. The Hall–Kier alpha value is -1.41. The van der Waals surface area contributed by atoms with Gasteiger partial charge >= 0.3 is 0 Å². The quantitative estimate of drug-likeness (QED) is 0.867. The molecule has 1 aromatic heterocycles. The van der Waals surface area contributed by atoms with Crippen molar-refractivity contribution in [1.82, 2.24) is 15.2 Å². The van der Waals surface area contributed by atoms with Gasteiger partial charge in [0, 0.05) is 7.11 Å². The highest BCUT2D eigenvalue weighted by atomic mass is 16.5. The van der Waals surface area contributed by atoms with Crippen LogP contribution in [0.3, 0.4) is 0 Å². The van der Waals surface area contributed by atoms with Crippen LogP contribution in [0.5, 0.6) is 0 Å². The zero-order valence-corrected chi connectivity index (χ0v) is 10.4. The van der Waals surface area contributed by atoms with E-state index in [1.807, 2.05) is 0 Å². The summed E-state index contributed by atoms with van der Waals surface area (Å²) in [6, 6.07) is 2.06. The molecule has 1 saturated carbocycles. The number of hydrogen-bond acceptors (Lipinski definition) is 4. The molecule has 0 atom stereocenters. The Bertz CT molecular complexity index is 412. The topological polar surface area (TPSA) is 74.6 Å². The molecular weight excluding hydrogens is 216 g/mol. The van der Waals surface area contributed by atoms with Gasteiger partial charge in [0.2, 0.25) is 0 Å². The molecule has 1 N–H and O–H groups in total. The van der Waals surface area contributed by atoms with E-state index in [1.165, 1.54) is 0 Å². The van der Waals surface area contributed by atoms with E-state index in [4.69, 9.17) is 10.00 Å². The minimum Gasteiger partial charge on any atom is -0.370 e. The number of nitrogens with one attached hydrogen (secondary N) is 1. The number of methoxy groups -OCH3 is 1. The predicted octanol–water partition coefficient (Wildman–Crippen LogP) is 1.92. The van der Waals surface area contributed by atoms with Crippen LogP contribution in [0.25, 0.3) is 0 Å². The van der Waals surface area contributed by atoms with E-state index in [2.05, 4.69) is 28.2 Å². The molecule has 0 aromatic carbocycles. The SMILES string of the molecule is COC1(c2n[nH]c(CC#N)n2)CCC(C)CC1. The third-order valence-corrected chi connectivity index (χ3v) is 3.66. The van der Waals surface area contributed by atoms with Crippen LogP contribution in [0, 0.1) is 17.2 Å². The van der Waals surface area contributed by atoms with E-state index in [9.17, 15) is 0 Å². The molecule has 17 heavy (non-hydrogen) atoms. The fourth-order valence-corrected chi connectivity index (χ4v) is 2.40. The molecule has 0 spiro atoms. The van der Waals surface area contributed by atoms with Gasteiger partial charge < -0.3 is 4.74 Å². The van der Waals surface area contributed by atoms with E-state index in [1.54, 1.807) is 7.11 Å². The first kappa shape index (κ1) is 12.1. The van der Waals surface area contributed by atoms with Gasteiger partial charge in [-0.1, -0.05) is 6.92 Å². The summed E-state index contributed by atoms with van der Waals surface area (Å²) in [6.45, 7) is 2.26. The van der Waals surface area contributed by atoms with Crippen molar-refractivity contribution < 1.29 is 4.74 Å². The Morgan fingerprint density at radius 2 is 2.24 bits per heavy atom. The summed E-state index contributed by atoms with van der Waals surface area (Å²) in [5.74, 6) is 2.07. The molecule has 5 nitrogen and oxygen atoms in total. The van der Waals surface area contributed by atoms with Gasteiger partial charge in [-0.2, -0.15) is 10.4 Å². The summed E-state index contributed by atoms with van der Waals surface area (Å²) in [5, 5.41) is 15.7. The third-order valence-electron chi connectivity index (χ3n) is 3.66. The molecule has 0 amide bonds. The zero-order valence-electron chi connectivity index (χ0n) is 10.4. The Balaban J connectivity index is 2.19. The normalized spacial score (nSPS) is 28.9. The van der Waals surface area contributed by atoms with Crippen molar-refractivity contribution >= 4 is 0 Å². The summed E-state index contributed by atoms with van der Waals surface area (Å²) in [4.78, 5) is 4.38. The summed E-state index contributed by atoms with van der Waals surface area (Å²) >= 11 is 0. The molecule has 0 saturated heterocycles. The van der Waals surface area contributed by atoms with Crippen LogP contribution in [0.1, 0.15) is 44.3 Å². The highest BCUT2D eigenvalue weighted by molar-refractivity contribution is 5.07. The van der Waals surface area contributed by atoms with Crippen LogP contribution < -0.4 is 0 Å². The van der Waals surface area contributed by atoms with Crippen molar-refractivity contribution in [3.63, 3.8) is 0 Å². The molecule has 1 fully saturated rings. The second-order valence-corrected chi connectivity index (χ2v) is 4.82. The molecule has 92 valence electrons. The highest BCUT2D eigenvalue weighted by Gasteiger charge is 2.39. The molecule has 0 bridgehead atoms. The lowest BCUT2D eigenvalue weighted by atomic mass is 9.79. The number of nitriles is 1. The van der Waals surface area contributed by atoms with Crippen molar-refractivity contribution in [2.45, 2.75) is 44.6 Å². The van der Waals surface area contributed by atoms with Crippen LogP contribution in [-0.4, -0.2) is 22.3 Å². The average Bonchev–Trinajstić information content (AvgIpc) is 2.80. The lowest BCUT2D eigenvalue weighted by Gasteiger charge is -2.35. The van der Waals surface area contributed by atoms with Gasteiger partial charge in [-0.25, -0.2) is 4.98 Å². The molecule has 1 aliphatic carbocycles. The fraction of sp³-hybridized carbons (Fsp3) is 0.750. The van der Waals surface area contributed by atoms with Gasteiger partial charge in [0.1, 0.15) is 11.4 Å². The standard InChI is InChI=1S/C12H18N4O/c1-9-3-6-12(17-2,7-4-9)11-14-10(5-8-13)15-16-11/h9H,3-7H2,1-2H3,(H,14,15,16). The summed E-state index contributed by atoms with van der Waals surface area (Å²) in [7, 11) is 1.72. The number of hydrogen-bond donors (Lipinski definition) is 1. The Morgan fingerprint density at radius 3 is 2.82 bits per heavy atom. The van der Waals surface area contributed by atoms with Crippen LogP contribution >= 0.6 is 0 Å². The van der Waals surface area contributed by atoms with Crippen LogP contribution in [0.4, 0.5) is 0 Å². The average molecular weight is 234 g/mol. The third kappa shape index (κ3) is 2.32. The molecule has 5 heteroatoms. The van der Waals surface area contributed by atoms with E-state index >= 15 is 0 Å². The van der Waals surface area contributed by atoms with E-state index in [0.717, 1.165) is 31.6 Å². The van der Waals surface area contributed by atoms with Crippen molar-refractivity contribution in [3.8, 4) is 6.07 Å². The van der Waals surface area contributed by atoms with E-state index in [0.29, 0.717) is 11.6 Å². The molecular formula is C12H18N4O. The van der Waals surface area contributed by atoms with Crippen molar-refractivity contribution in [3.05, 3.63) is 11.6 Å². The van der Waals surface area contributed by atoms with Gasteiger partial charge in [-0.05, 0) is 31.6 Å². The van der Waals surface area contributed by atoms with Crippen LogP contribution in [-0.2, 0) is 16.8 Å². The van der Waals surface area contributed by atoms with Gasteiger partial charge in [0.25, 0.3) is 0 Å². The Labute approximate surface area is 101 Å². The molecule has 0 aliphatic heterocycles. The minimum absolute atomic E-state index is 0.267. The maximum absolute atomic E-state index is 8.63. The summed E-state index contributed by atoms with van der Waals surface area (Å²) in [6.07, 6.45) is 4.44. The van der Waals surface area contributed by atoms with Gasteiger partial charge in [-0.3, -0.25) is 5.10 Å². The molecule has 2 rings (SSSR count). The number of H-pyrrole nitrogens is 1. The molecule has 0 unspecified atom stereocenters. The smallest absolute Gasteiger partial charge is 0.182 e. The molecule has 0 radical (unpaired) electrons. The number of ether oxygens (including phenoxy) is 1. The van der Waals surface area contributed by atoms with Crippen LogP contribution in [0.15, 0.2) is 0 Å². The molecule has 1 aromatic rings. The fourth-order valence-electron chi connectivity index (χ4n) is 2.40. The zero-order chi connectivity index (χ0) is 12.3. The number of aromatic nitrogens is 3. The number of nitrogens with zero attached hydrogens (tertiary/aromatic N) is 3. The molecule has 1 heterocycles. The number of aromatic amines is 1. The first-order valence-electron chi connectivity index (χ1n) is 6.04. The Morgan fingerprint density at radius 1 is 1.53 bits per heavy atom. The Kier molecular flexibility index (Phi) is 3.43. The minimum atomic E-state index is -0.350. The van der Waals surface area contributed by atoms with E-state index in [-0.39, 0.29) is 12.0 Å². The van der Waals surface area contributed by atoms with E-state index < -0.39 is 0 Å². The molecule has 1 aliphatic rings. The first-order chi connectivity index (χ1) is 8.20. The predicted molar refractivity (Wildman–Crippen MR) is 62.0 cm³/mol. The van der Waals surface area contributed by atoms with Gasteiger partial charge in [-0.15, -0.1) is 0 Å². The van der Waals surface area contributed by atoms with Crippen molar-refractivity contribution in [2.24, 2.45) is 5.92 Å². The van der Waals surface area contributed by atoms with Crippen molar-refractivity contribution in [2.75, 3.05) is 7.11 Å². The largest absolute Gasteiger partial charge is 0.370 e. The lowest BCUT2D eigenvalue weighted by Crippen LogP contribution is -2.34. The van der Waals surface area contributed by atoms with Gasteiger partial charge in [0.05, 0.1) is 12.5 Å². The monoisotopic (exact) mass is 234 g/mol. The first-order valence-corrected chi connectivity index (χ1v) is 6.04. The van der Waals surface area contributed by atoms with Crippen LogP contribution in [0.2, 0.25) is 0 Å². The maximum Gasteiger partial charge on any atom is 0.182 e. The highest BCUT2D eigenvalue weighted by Crippen LogP contribution is 2.40. The van der Waals surface area contributed by atoms with Gasteiger partial charge in [0.15, 0.2) is 5.82 Å². The summed E-state index contributed by atoms with van der Waals surface area (Å²) in [5.41, 5.74) is -0.350. The lowest BCUT2D eigenvalue weighted by molar-refractivity contribution is -0.0595. The summed E-state index contributed by atoms with van der Waals surface area (Å²) < 4.78 is 5.68.